The third-order valence-electron chi connectivity index (χ3n) is 2.63. The molecule has 1 N–H and O–H groups in total. The third-order valence-corrected chi connectivity index (χ3v) is 2.63. The average Bonchev–Trinajstić information content (AvgIpc) is 2.78. The maximum atomic E-state index is 11.8. The van der Waals surface area contributed by atoms with Gasteiger partial charge >= 0.3 is 0 Å². The van der Waals surface area contributed by atoms with E-state index in [0.717, 1.165) is 18.4 Å². The van der Waals surface area contributed by atoms with Gasteiger partial charge < -0.3 is 4.98 Å². The van der Waals surface area contributed by atoms with E-state index in [2.05, 4.69) is 15.0 Å². The molecule has 0 aromatic carbocycles. The number of Topliss-reactive ketones (excluding diaryl/α,β-unsaturated/α-hetero) is 1. The Morgan fingerprint density at radius 2 is 2.35 bits per heavy atom. The van der Waals surface area contributed by atoms with E-state index in [9.17, 15) is 9.90 Å². The number of nitrogens with zero attached hydrogens (tertiary/aromatic N) is 2. The Hall–Kier alpha value is -1.75. The van der Waals surface area contributed by atoms with Gasteiger partial charge in [-0.25, -0.2) is 10.1 Å². The van der Waals surface area contributed by atoms with Gasteiger partial charge in [0.1, 0.15) is 5.52 Å². The van der Waals surface area contributed by atoms with Crippen LogP contribution in [-0.4, -0.2) is 26.8 Å². The van der Waals surface area contributed by atoms with Crippen molar-refractivity contribution in [3.8, 4) is 0 Å². The largest absolute Gasteiger partial charge is 0.335 e. The molecule has 0 aliphatic rings. The number of unbranched alkanes of at least 4 members (excludes halogenated alkanes) is 1. The number of nitrogens with one attached hydrogen (secondary N) is 1. The minimum atomic E-state index is -1.22. The smallest absolute Gasteiger partial charge is 0.230 e. The number of rotatable bonds is 5. The van der Waals surface area contributed by atoms with Crippen LogP contribution < -0.4 is 0 Å². The Balaban J connectivity index is 2.18. The lowest BCUT2D eigenvalue weighted by atomic mass is 10.1. The SMILES string of the molecule is CCCCC([O])C(=O)c1nc2cnccc2[nH]1. The van der Waals surface area contributed by atoms with E-state index in [4.69, 9.17) is 0 Å². The van der Waals surface area contributed by atoms with Crippen molar-refractivity contribution in [1.82, 2.24) is 15.0 Å². The van der Waals surface area contributed by atoms with Crippen LogP contribution in [0, 0.1) is 0 Å². The van der Waals surface area contributed by atoms with Crippen LogP contribution in [0.2, 0.25) is 0 Å². The van der Waals surface area contributed by atoms with E-state index >= 15 is 0 Å². The molecule has 1 radical (unpaired) electrons. The molecule has 0 bridgehead atoms. The number of pyridine rings is 1. The molecule has 0 aliphatic heterocycles. The molecular formula is C12H14N3O2. The number of imidazole rings is 1. The minimum Gasteiger partial charge on any atom is -0.335 e. The predicted octanol–water partition coefficient (Wildman–Crippen LogP) is 2.13. The standard InChI is InChI=1S/C12H14N3O2/c1-2-3-4-10(16)11(17)12-14-8-5-6-13-7-9(8)15-12/h5-7,10H,2-4H2,1H3,(H,14,15). The molecule has 0 saturated heterocycles. The molecule has 1 unspecified atom stereocenters. The highest BCUT2D eigenvalue weighted by molar-refractivity contribution is 5.98. The van der Waals surface area contributed by atoms with Crippen LogP contribution >= 0.6 is 0 Å². The summed E-state index contributed by atoms with van der Waals surface area (Å²) in [5.41, 5.74) is 1.34. The van der Waals surface area contributed by atoms with Gasteiger partial charge in [-0.1, -0.05) is 19.8 Å². The summed E-state index contributed by atoms with van der Waals surface area (Å²) in [5, 5.41) is 11.6. The number of hydrogen-bond acceptors (Lipinski definition) is 3. The summed E-state index contributed by atoms with van der Waals surface area (Å²) in [6, 6.07) is 1.73. The Kier molecular flexibility index (Phi) is 3.49. The van der Waals surface area contributed by atoms with E-state index in [1.807, 2.05) is 6.92 Å². The Morgan fingerprint density at radius 1 is 1.53 bits per heavy atom. The van der Waals surface area contributed by atoms with Crippen LogP contribution in [-0.2, 0) is 5.11 Å². The molecule has 89 valence electrons. The molecule has 5 heteroatoms. The molecule has 2 aromatic heterocycles. The molecule has 0 saturated carbocycles. The maximum absolute atomic E-state index is 11.8. The van der Waals surface area contributed by atoms with Crippen molar-refractivity contribution in [2.75, 3.05) is 0 Å². The number of H-pyrrole nitrogens is 1. The number of hydrogen-bond donors (Lipinski definition) is 1. The summed E-state index contributed by atoms with van der Waals surface area (Å²) in [6.45, 7) is 1.99. The fourth-order valence-corrected chi connectivity index (χ4v) is 1.65. The topological polar surface area (TPSA) is 78.5 Å². The number of ketones is 1. The lowest BCUT2D eigenvalue weighted by molar-refractivity contribution is 0.0501. The summed E-state index contributed by atoms with van der Waals surface area (Å²) in [7, 11) is 0. The fourth-order valence-electron chi connectivity index (χ4n) is 1.65. The molecule has 0 fully saturated rings. The minimum absolute atomic E-state index is 0.143. The number of aromatic amines is 1. The van der Waals surface area contributed by atoms with E-state index in [-0.39, 0.29) is 5.82 Å². The van der Waals surface area contributed by atoms with Gasteiger partial charge in [0.05, 0.1) is 11.7 Å². The van der Waals surface area contributed by atoms with Crippen molar-refractivity contribution in [2.24, 2.45) is 0 Å². The molecule has 5 nitrogen and oxygen atoms in total. The Morgan fingerprint density at radius 3 is 3.06 bits per heavy atom. The van der Waals surface area contributed by atoms with Gasteiger partial charge in [0, 0.05) is 6.20 Å². The molecule has 0 spiro atoms. The molecule has 0 amide bonds. The summed E-state index contributed by atoms with van der Waals surface area (Å²) >= 11 is 0. The molecule has 1 atom stereocenters. The molecule has 2 rings (SSSR count). The van der Waals surface area contributed by atoms with Crippen LogP contribution in [0.15, 0.2) is 18.5 Å². The predicted molar refractivity (Wildman–Crippen MR) is 62.2 cm³/mol. The van der Waals surface area contributed by atoms with Crippen molar-refractivity contribution in [3.63, 3.8) is 0 Å². The molecule has 0 aliphatic carbocycles. The summed E-state index contributed by atoms with van der Waals surface area (Å²) < 4.78 is 0. The van der Waals surface area contributed by atoms with Gasteiger partial charge in [0.2, 0.25) is 5.78 Å². The normalized spacial score (nSPS) is 12.8. The molecule has 17 heavy (non-hydrogen) atoms. The van der Waals surface area contributed by atoms with E-state index in [0.29, 0.717) is 11.9 Å². The first-order valence-corrected chi connectivity index (χ1v) is 5.72. The van der Waals surface area contributed by atoms with Crippen molar-refractivity contribution < 1.29 is 9.90 Å². The van der Waals surface area contributed by atoms with Crippen LogP contribution in [0.25, 0.3) is 11.0 Å². The van der Waals surface area contributed by atoms with Crippen LogP contribution in [0.3, 0.4) is 0 Å². The molecule has 2 heterocycles. The van der Waals surface area contributed by atoms with Crippen molar-refractivity contribution in [1.29, 1.82) is 0 Å². The van der Waals surface area contributed by atoms with Gasteiger partial charge in [0.25, 0.3) is 0 Å². The Bertz CT molecular complexity index is 488. The zero-order chi connectivity index (χ0) is 12.3. The maximum Gasteiger partial charge on any atom is 0.230 e. The van der Waals surface area contributed by atoms with E-state index in [1.165, 1.54) is 0 Å². The zero-order valence-electron chi connectivity index (χ0n) is 9.64. The number of carbonyl (C=O) groups excluding carboxylic acids is 1. The van der Waals surface area contributed by atoms with Gasteiger partial charge in [-0.2, -0.15) is 0 Å². The Labute approximate surface area is 98.9 Å². The van der Waals surface area contributed by atoms with Crippen LogP contribution in [0.1, 0.15) is 36.8 Å². The lowest BCUT2D eigenvalue weighted by Gasteiger charge is -2.03. The van der Waals surface area contributed by atoms with E-state index in [1.54, 1.807) is 18.5 Å². The van der Waals surface area contributed by atoms with Gasteiger partial charge in [-0.3, -0.25) is 9.78 Å². The highest BCUT2D eigenvalue weighted by atomic mass is 16.3. The second-order valence-corrected chi connectivity index (χ2v) is 3.97. The quantitative estimate of drug-likeness (QED) is 0.802. The first-order valence-electron chi connectivity index (χ1n) is 5.72. The number of fused-ring (bicyclic) bond motifs is 1. The summed E-state index contributed by atoms with van der Waals surface area (Å²) in [6.07, 6.45) is 4.00. The van der Waals surface area contributed by atoms with Gasteiger partial charge in [-0.05, 0) is 12.5 Å². The second kappa shape index (κ2) is 5.05. The monoisotopic (exact) mass is 232 g/mol. The van der Waals surface area contributed by atoms with Crippen molar-refractivity contribution in [2.45, 2.75) is 32.3 Å². The van der Waals surface area contributed by atoms with Crippen molar-refractivity contribution in [3.05, 3.63) is 24.3 Å². The third kappa shape index (κ3) is 2.50. The summed E-state index contributed by atoms with van der Waals surface area (Å²) in [4.78, 5) is 22.6. The summed E-state index contributed by atoms with van der Waals surface area (Å²) in [5.74, 6) is -0.321. The van der Waals surface area contributed by atoms with Gasteiger partial charge in [-0.15, -0.1) is 0 Å². The average molecular weight is 232 g/mol. The van der Waals surface area contributed by atoms with E-state index < -0.39 is 11.9 Å². The number of carbonyl (C=O) groups is 1. The first-order chi connectivity index (χ1) is 8.22. The van der Waals surface area contributed by atoms with Crippen LogP contribution in [0.5, 0.6) is 0 Å². The number of aromatic nitrogens is 3. The highest BCUT2D eigenvalue weighted by Gasteiger charge is 2.21. The van der Waals surface area contributed by atoms with Crippen molar-refractivity contribution >= 4 is 16.8 Å². The highest BCUT2D eigenvalue weighted by Crippen LogP contribution is 2.12. The molecular weight excluding hydrogens is 218 g/mol. The molecule has 2 aromatic rings. The zero-order valence-corrected chi connectivity index (χ0v) is 9.64. The second-order valence-electron chi connectivity index (χ2n) is 3.97. The van der Waals surface area contributed by atoms with Crippen LogP contribution in [0.4, 0.5) is 0 Å². The van der Waals surface area contributed by atoms with Gasteiger partial charge in [0.15, 0.2) is 11.9 Å². The first kappa shape index (κ1) is 11.7. The lowest BCUT2D eigenvalue weighted by Crippen LogP contribution is -2.20. The fraction of sp³-hybridized carbons (Fsp3) is 0.417.